The number of carbonyl (C=O) groups excluding carboxylic acids is 1. The van der Waals surface area contributed by atoms with E-state index in [0.717, 1.165) is 0 Å². The number of terminal acetylenes is 1. The van der Waals surface area contributed by atoms with Gasteiger partial charge in [0, 0.05) is 0 Å². The van der Waals surface area contributed by atoms with Gasteiger partial charge in [0.2, 0.25) is 0 Å². The Labute approximate surface area is 118 Å². The van der Waals surface area contributed by atoms with Gasteiger partial charge in [-0.3, -0.25) is 0 Å². The maximum atomic E-state index is 11.7. The van der Waals surface area contributed by atoms with Crippen LogP contribution in [0.3, 0.4) is 0 Å². The van der Waals surface area contributed by atoms with Gasteiger partial charge in [0.15, 0.2) is 0 Å². The van der Waals surface area contributed by atoms with Crippen molar-refractivity contribution in [3.05, 3.63) is 0 Å². The van der Waals surface area contributed by atoms with E-state index in [0.29, 0.717) is 6.61 Å². The fourth-order valence-electron chi connectivity index (χ4n) is 2.04. The van der Waals surface area contributed by atoms with Gasteiger partial charge in [-0.15, -0.1) is 6.42 Å². The molecule has 0 saturated carbocycles. The lowest BCUT2D eigenvalue weighted by Gasteiger charge is -2.38. The first-order chi connectivity index (χ1) is 8.81. The summed E-state index contributed by atoms with van der Waals surface area (Å²) in [5, 5.41) is 0. The SMILES string of the molecule is C#CCO[Si](O[C@@H](C)C(=O)OCC)(C(C)C)C(C)C. The molecule has 0 fully saturated rings. The van der Waals surface area contributed by atoms with Crippen LogP contribution in [0.2, 0.25) is 11.1 Å². The van der Waals surface area contributed by atoms with Crippen molar-refractivity contribution in [3.63, 3.8) is 0 Å². The van der Waals surface area contributed by atoms with E-state index in [1.165, 1.54) is 0 Å². The van der Waals surface area contributed by atoms with Crippen LogP contribution in [0.4, 0.5) is 0 Å². The van der Waals surface area contributed by atoms with Gasteiger partial charge in [0.05, 0.1) is 13.2 Å². The molecule has 0 amide bonds. The van der Waals surface area contributed by atoms with Gasteiger partial charge < -0.3 is 13.6 Å². The molecule has 19 heavy (non-hydrogen) atoms. The lowest BCUT2D eigenvalue weighted by atomic mass is 10.4. The zero-order valence-electron chi connectivity index (χ0n) is 12.9. The highest BCUT2D eigenvalue weighted by Gasteiger charge is 2.47. The molecule has 0 aromatic rings. The number of carbonyl (C=O) groups is 1. The van der Waals surface area contributed by atoms with Crippen molar-refractivity contribution in [1.29, 1.82) is 0 Å². The average Bonchev–Trinajstić information content (AvgIpc) is 2.33. The summed E-state index contributed by atoms with van der Waals surface area (Å²) in [6, 6.07) is 0. The minimum atomic E-state index is -2.57. The summed E-state index contributed by atoms with van der Waals surface area (Å²) in [6.45, 7) is 12.2. The van der Waals surface area contributed by atoms with Gasteiger partial charge >= 0.3 is 14.5 Å². The first-order valence-electron chi connectivity index (χ1n) is 6.73. The number of rotatable bonds is 8. The maximum absolute atomic E-state index is 11.7. The second-order valence-corrected chi connectivity index (χ2v) is 9.31. The van der Waals surface area contributed by atoms with Gasteiger partial charge in [-0.05, 0) is 24.9 Å². The predicted octanol–water partition coefficient (Wildman–Crippen LogP) is 2.87. The molecule has 1 atom stereocenters. The monoisotopic (exact) mass is 286 g/mol. The smallest absolute Gasteiger partial charge is 0.344 e. The second-order valence-electron chi connectivity index (χ2n) is 5.04. The third-order valence-electron chi connectivity index (χ3n) is 2.97. The van der Waals surface area contributed by atoms with E-state index in [9.17, 15) is 4.79 Å². The topological polar surface area (TPSA) is 44.8 Å². The van der Waals surface area contributed by atoms with E-state index < -0.39 is 14.7 Å². The van der Waals surface area contributed by atoms with E-state index in [2.05, 4.69) is 5.92 Å². The predicted molar refractivity (Wildman–Crippen MR) is 77.9 cm³/mol. The van der Waals surface area contributed by atoms with Gasteiger partial charge in [-0.1, -0.05) is 33.6 Å². The lowest BCUT2D eigenvalue weighted by molar-refractivity contribution is -0.151. The van der Waals surface area contributed by atoms with E-state index in [4.69, 9.17) is 20.0 Å². The molecule has 0 aromatic heterocycles. The number of esters is 1. The molecule has 0 aliphatic carbocycles. The summed E-state index contributed by atoms with van der Waals surface area (Å²) in [7, 11) is -2.57. The molecule has 0 unspecified atom stereocenters. The summed E-state index contributed by atoms with van der Waals surface area (Å²) in [5.41, 5.74) is 0.385. The molecular formula is C14H26O4Si. The number of hydrogen-bond donors (Lipinski definition) is 0. The van der Waals surface area contributed by atoms with Crippen molar-refractivity contribution in [2.24, 2.45) is 0 Å². The molecule has 0 radical (unpaired) electrons. The third kappa shape index (κ3) is 4.98. The number of ether oxygens (including phenoxy) is 1. The molecule has 0 aliphatic heterocycles. The van der Waals surface area contributed by atoms with Crippen LogP contribution in [0.15, 0.2) is 0 Å². The third-order valence-corrected chi connectivity index (χ3v) is 7.51. The molecule has 0 aliphatic rings. The molecule has 0 heterocycles. The van der Waals surface area contributed by atoms with Crippen LogP contribution in [-0.4, -0.2) is 33.8 Å². The maximum Gasteiger partial charge on any atom is 0.344 e. The molecule has 0 rings (SSSR count). The summed E-state index contributed by atoms with van der Waals surface area (Å²) in [6.07, 6.45) is 4.64. The Bertz CT molecular complexity index is 312. The Morgan fingerprint density at radius 1 is 1.21 bits per heavy atom. The van der Waals surface area contributed by atoms with Gasteiger partial charge in [0.1, 0.15) is 6.10 Å². The Morgan fingerprint density at radius 3 is 2.11 bits per heavy atom. The van der Waals surface area contributed by atoms with Crippen molar-refractivity contribution in [1.82, 2.24) is 0 Å². The van der Waals surface area contributed by atoms with Crippen LogP contribution in [0.25, 0.3) is 0 Å². The summed E-state index contributed by atoms with van der Waals surface area (Å²) < 4.78 is 16.9. The van der Waals surface area contributed by atoms with Crippen LogP contribution in [0, 0.1) is 12.3 Å². The van der Waals surface area contributed by atoms with Gasteiger partial charge in [-0.25, -0.2) is 4.79 Å². The van der Waals surface area contributed by atoms with Crippen LogP contribution in [0.5, 0.6) is 0 Å². The zero-order chi connectivity index (χ0) is 15.1. The first-order valence-corrected chi connectivity index (χ1v) is 8.70. The van der Waals surface area contributed by atoms with Crippen LogP contribution in [-0.2, 0) is 18.4 Å². The second kappa shape index (κ2) is 8.36. The molecule has 110 valence electrons. The molecule has 0 spiro atoms. The largest absolute Gasteiger partial charge is 0.464 e. The standard InChI is InChI=1S/C14H26O4Si/c1-8-10-17-19(11(3)4,12(5)6)18-13(7)14(15)16-9-2/h1,11-13H,9-10H2,2-7H3/t13-/m0/s1. The van der Waals surface area contributed by atoms with Crippen molar-refractivity contribution >= 4 is 14.5 Å². The molecule has 0 aromatic carbocycles. The quantitative estimate of drug-likeness (QED) is 0.391. The minimum absolute atomic E-state index is 0.192. The average molecular weight is 286 g/mol. The Kier molecular flexibility index (Phi) is 7.99. The zero-order valence-corrected chi connectivity index (χ0v) is 13.9. The Hall–Kier alpha value is -0.833. The van der Waals surface area contributed by atoms with E-state index >= 15 is 0 Å². The summed E-state index contributed by atoms with van der Waals surface area (Å²) in [5.74, 6) is 2.12. The highest BCUT2D eigenvalue weighted by Crippen LogP contribution is 2.35. The summed E-state index contributed by atoms with van der Waals surface area (Å²) in [4.78, 5) is 11.7. The van der Waals surface area contributed by atoms with E-state index in [1.807, 2.05) is 27.7 Å². The molecule has 0 N–H and O–H groups in total. The highest BCUT2D eigenvalue weighted by molar-refractivity contribution is 6.70. The molecule has 0 bridgehead atoms. The summed E-state index contributed by atoms with van der Waals surface area (Å²) >= 11 is 0. The van der Waals surface area contributed by atoms with Crippen molar-refractivity contribution in [2.45, 2.75) is 58.7 Å². The number of hydrogen-bond acceptors (Lipinski definition) is 4. The van der Waals surface area contributed by atoms with Crippen LogP contribution < -0.4 is 0 Å². The normalized spacial score (nSPS) is 13.4. The van der Waals surface area contributed by atoms with Crippen LogP contribution in [0.1, 0.15) is 41.5 Å². The molecular weight excluding hydrogens is 260 g/mol. The fraction of sp³-hybridized carbons (Fsp3) is 0.786. The lowest BCUT2D eigenvalue weighted by Crippen LogP contribution is -2.51. The van der Waals surface area contributed by atoms with E-state index in [1.54, 1.807) is 13.8 Å². The Balaban J connectivity index is 5.03. The minimum Gasteiger partial charge on any atom is -0.464 e. The van der Waals surface area contributed by atoms with Gasteiger partial charge in [-0.2, -0.15) is 0 Å². The van der Waals surface area contributed by atoms with E-state index in [-0.39, 0.29) is 23.7 Å². The van der Waals surface area contributed by atoms with Crippen molar-refractivity contribution in [2.75, 3.05) is 13.2 Å². The first kappa shape index (κ1) is 18.2. The van der Waals surface area contributed by atoms with Crippen molar-refractivity contribution < 1.29 is 18.4 Å². The fourth-order valence-corrected chi connectivity index (χ4v) is 5.61. The highest BCUT2D eigenvalue weighted by atomic mass is 28.4. The van der Waals surface area contributed by atoms with Crippen molar-refractivity contribution in [3.8, 4) is 12.3 Å². The van der Waals surface area contributed by atoms with Crippen LogP contribution >= 0.6 is 0 Å². The Morgan fingerprint density at radius 2 is 1.74 bits per heavy atom. The molecule has 5 heteroatoms. The van der Waals surface area contributed by atoms with Gasteiger partial charge in [0.25, 0.3) is 0 Å². The molecule has 0 saturated heterocycles. The molecule has 4 nitrogen and oxygen atoms in total.